The number of ether oxygens (including phenoxy) is 2. The third-order valence-electron chi connectivity index (χ3n) is 2.97. The smallest absolute Gasteiger partial charge is 0.134 e. The number of pyridine rings is 1. The fourth-order valence-corrected chi connectivity index (χ4v) is 2.56. The van der Waals surface area contributed by atoms with Crippen molar-refractivity contribution in [2.45, 2.75) is 20.1 Å². The highest BCUT2D eigenvalue weighted by molar-refractivity contribution is 9.10. The first-order valence-corrected chi connectivity index (χ1v) is 7.49. The molecule has 0 aliphatic rings. The first kappa shape index (κ1) is 15.8. The molecule has 0 spiro atoms. The van der Waals surface area contributed by atoms with Gasteiger partial charge in [0.25, 0.3) is 0 Å². The number of rotatable bonds is 6. The quantitative estimate of drug-likeness (QED) is 0.866. The molecule has 0 fully saturated rings. The first-order valence-electron chi connectivity index (χ1n) is 6.69. The molecule has 5 heteroatoms. The van der Waals surface area contributed by atoms with E-state index in [1.54, 1.807) is 7.11 Å². The summed E-state index contributed by atoms with van der Waals surface area (Å²) in [5, 5.41) is 3.12. The van der Waals surface area contributed by atoms with Crippen LogP contribution in [0.15, 0.2) is 34.8 Å². The number of halogens is 1. The van der Waals surface area contributed by atoms with Crippen LogP contribution in [-0.2, 0) is 13.2 Å². The summed E-state index contributed by atoms with van der Waals surface area (Å²) in [6.07, 6.45) is 0. The average molecular weight is 351 g/mol. The van der Waals surface area contributed by atoms with E-state index in [9.17, 15) is 0 Å². The Balaban J connectivity index is 2.07. The van der Waals surface area contributed by atoms with Gasteiger partial charge in [-0.1, -0.05) is 6.07 Å². The van der Waals surface area contributed by atoms with Crippen molar-refractivity contribution < 1.29 is 9.47 Å². The normalized spacial score (nSPS) is 10.5. The van der Waals surface area contributed by atoms with Gasteiger partial charge in [0.1, 0.15) is 18.1 Å². The summed E-state index contributed by atoms with van der Waals surface area (Å²) in [5.74, 6) is 1.60. The summed E-state index contributed by atoms with van der Waals surface area (Å²) in [4.78, 5) is 4.44. The topological polar surface area (TPSA) is 43.4 Å². The van der Waals surface area contributed by atoms with Crippen molar-refractivity contribution >= 4 is 15.9 Å². The third-order valence-corrected chi connectivity index (χ3v) is 3.59. The van der Waals surface area contributed by atoms with Gasteiger partial charge in [0.2, 0.25) is 0 Å². The van der Waals surface area contributed by atoms with Crippen molar-refractivity contribution in [2.24, 2.45) is 0 Å². The lowest BCUT2D eigenvalue weighted by Crippen LogP contribution is -2.05. The van der Waals surface area contributed by atoms with Crippen LogP contribution in [0.3, 0.4) is 0 Å². The summed E-state index contributed by atoms with van der Waals surface area (Å²) in [5.41, 5.74) is 2.96. The summed E-state index contributed by atoms with van der Waals surface area (Å²) < 4.78 is 12.0. The van der Waals surface area contributed by atoms with Crippen LogP contribution < -0.4 is 14.8 Å². The number of nitrogens with one attached hydrogen (secondary N) is 1. The molecule has 2 aromatic rings. The monoisotopic (exact) mass is 350 g/mol. The van der Waals surface area contributed by atoms with Crippen LogP contribution in [0, 0.1) is 6.92 Å². The maximum Gasteiger partial charge on any atom is 0.134 e. The summed E-state index contributed by atoms with van der Waals surface area (Å²) >= 11 is 3.54. The summed E-state index contributed by atoms with van der Waals surface area (Å²) in [6, 6.07) is 9.84. The lowest BCUT2D eigenvalue weighted by Gasteiger charge is -2.11. The maximum absolute atomic E-state index is 5.83. The zero-order valence-electron chi connectivity index (χ0n) is 12.4. The van der Waals surface area contributed by atoms with E-state index in [4.69, 9.17) is 9.47 Å². The Bertz CT molecular complexity index is 617. The van der Waals surface area contributed by atoms with Crippen LogP contribution in [-0.4, -0.2) is 19.1 Å². The fourth-order valence-electron chi connectivity index (χ4n) is 2.02. The molecule has 1 N–H and O–H groups in total. The predicted octanol–water partition coefficient (Wildman–Crippen LogP) is 3.46. The number of hydrogen-bond donors (Lipinski definition) is 1. The first-order chi connectivity index (χ1) is 10.1. The van der Waals surface area contributed by atoms with E-state index >= 15 is 0 Å². The standard InChI is InChI=1S/C16H19BrN2O2/c1-11-6-14(20-3)8-13(19-11)10-21-16-5-4-12(9-18-2)7-15(16)17/h4-8,18H,9-10H2,1-3H3. The van der Waals surface area contributed by atoms with Gasteiger partial charge in [-0.05, 0) is 47.6 Å². The largest absolute Gasteiger partial charge is 0.497 e. The van der Waals surface area contributed by atoms with E-state index in [1.165, 1.54) is 5.56 Å². The van der Waals surface area contributed by atoms with E-state index < -0.39 is 0 Å². The second-order valence-corrected chi connectivity index (χ2v) is 5.58. The molecular formula is C16H19BrN2O2. The Kier molecular flexibility index (Phi) is 5.59. The van der Waals surface area contributed by atoms with Gasteiger partial charge in [-0.3, -0.25) is 4.98 Å². The Morgan fingerprint density at radius 1 is 1.24 bits per heavy atom. The number of nitrogens with zero attached hydrogens (tertiary/aromatic N) is 1. The van der Waals surface area contributed by atoms with Gasteiger partial charge in [0.05, 0.1) is 17.3 Å². The lowest BCUT2D eigenvalue weighted by atomic mass is 10.2. The molecule has 0 amide bonds. The van der Waals surface area contributed by atoms with Gasteiger partial charge in [-0.15, -0.1) is 0 Å². The molecular weight excluding hydrogens is 332 g/mol. The number of hydrogen-bond acceptors (Lipinski definition) is 4. The van der Waals surface area contributed by atoms with Crippen molar-refractivity contribution in [1.82, 2.24) is 10.3 Å². The van der Waals surface area contributed by atoms with Gasteiger partial charge in [0, 0.05) is 24.4 Å². The molecule has 0 radical (unpaired) electrons. The minimum Gasteiger partial charge on any atom is -0.497 e. The van der Waals surface area contributed by atoms with Gasteiger partial charge < -0.3 is 14.8 Å². The molecule has 0 atom stereocenters. The molecule has 0 saturated carbocycles. The van der Waals surface area contributed by atoms with E-state index in [0.717, 1.165) is 33.9 Å². The zero-order chi connectivity index (χ0) is 15.2. The van der Waals surface area contributed by atoms with Crippen molar-refractivity contribution in [2.75, 3.05) is 14.2 Å². The SMILES string of the molecule is CNCc1ccc(OCc2cc(OC)cc(C)n2)c(Br)c1. The molecule has 4 nitrogen and oxygen atoms in total. The van der Waals surface area contributed by atoms with Crippen LogP contribution in [0.4, 0.5) is 0 Å². The number of benzene rings is 1. The van der Waals surface area contributed by atoms with Crippen molar-refractivity contribution in [1.29, 1.82) is 0 Å². The average Bonchev–Trinajstić information content (AvgIpc) is 2.46. The van der Waals surface area contributed by atoms with Crippen molar-refractivity contribution in [3.05, 3.63) is 51.8 Å². The van der Waals surface area contributed by atoms with E-state index in [2.05, 4.69) is 32.3 Å². The van der Waals surface area contributed by atoms with E-state index in [-0.39, 0.29) is 0 Å². The Labute approximate surface area is 133 Å². The highest BCUT2D eigenvalue weighted by atomic mass is 79.9. The molecule has 0 aliphatic heterocycles. The van der Waals surface area contributed by atoms with E-state index in [1.807, 2.05) is 38.2 Å². The van der Waals surface area contributed by atoms with Crippen LogP contribution >= 0.6 is 15.9 Å². The molecule has 1 aromatic carbocycles. The Hall–Kier alpha value is -1.59. The molecule has 0 bridgehead atoms. The molecule has 21 heavy (non-hydrogen) atoms. The molecule has 0 aliphatic carbocycles. The van der Waals surface area contributed by atoms with Gasteiger partial charge in [-0.2, -0.15) is 0 Å². The van der Waals surface area contributed by atoms with E-state index in [0.29, 0.717) is 6.61 Å². The molecule has 2 rings (SSSR count). The minimum atomic E-state index is 0.405. The van der Waals surface area contributed by atoms with Crippen LogP contribution in [0.5, 0.6) is 11.5 Å². The van der Waals surface area contributed by atoms with Crippen molar-refractivity contribution in [3.8, 4) is 11.5 Å². The lowest BCUT2D eigenvalue weighted by molar-refractivity contribution is 0.298. The fraction of sp³-hybridized carbons (Fsp3) is 0.312. The molecule has 1 aromatic heterocycles. The minimum absolute atomic E-state index is 0.405. The highest BCUT2D eigenvalue weighted by Crippen LogP contribution is 2.27. The molecule has 112 valence electrons. The third kappa shape index (κ3) is 4.44. The second kappa shape index (κ2) is 7.43. The number of methoxy groups -OCH3 is 1. The highest BCUT2D eigenvalue weighted by Gasteiger charge is 2.05. The Morgan fingerprint density at radius 2 is 2.05 bits per heavy atom. The second-order valence-electron chi connectivity index (χ2n) is 4.72. The number of aromatic nitrogens is 1. The maximum atomic E-state index is 5.83. The molecule has 1 heterocycles. The molecule has 0 unspecified atom stereocenters. The number of aryl methyl sites for hydroxylation is 1. The Morgan fingerprint density at radius 3 is 2.71 bits per heavy atom. The zero-order valence-corrected chi connectivity index (χ0v) is 14.0. The van der Waals surface area contributed by atoms with Gasteiger partial charge in [-0.25, -0.2) is 0 Å². The van der Waals surface area contributed by atoms with Crippen LogP contribution in [0.2, 0.25) is 0 Å². The van der Waals surface area contributed by atoms with Crippen LogP contribution in [0.25, 0.3) is 0 Å². The van der Waals surface area contributed by atoms with Crippen molar-refractivity contribution in [3.63, 3.8) is 0 Å². The van der Waals surface area contributed by atoms with Crippen LogP contribution in [0.1, 0.15) is 17.0 Å². The molecule has 0 saturated heterocycles. The summed E-state index contributed by atoms with van der Waals surface area (Å²) in [6.45, 7) is 3.17. The summed E-state index contributed by atoms with van der Waals surface area (Å²) in [7, 11) is 3.57. The van der Waals surface area contributed by atoms with Gasteiger partial charge >= 0.3 is 0 Å². The van der Waals surface area contributed by atoms with Gasteiger partial charge in [0.15, 0.2) is 0 Å². The predicted molar refractivity (Wildman–Crippen MR) is 86.8 cm³/mol.